The lowest BCUT2D eigenvalue weighted by atomic mass is 9.98. The molecule has 12 heavy (non-hydrogen) atoms. The van der Waals surface area contributed by atoms with E-state index in [1.54, 1.807) is 0 Å². The van der Waals surface area contributed by atoms with Crippen LogP contribution in [0.2, 0.25) is 0 Å². The Morgan fingerprint density at radius 3 is 2.58 bits per heavy atom. The van der Waals surface area contributed by atoms with E-state index in [9.17, 15) is 0 Å². The topological polar surface area (TPSA) is 72.2 Å². The zero-order valence-electron chi connectivity index (χ0n) is 7.15. The molecular weight excluding hydrogens is 156 g/mol. The molecule has 0 aliphatic carbocycles. The number of rotatable bonds is 1. The SMILES string of the molecule is CC1CNCNC1C1NNNN1. The smallest absolute Gasteiger partial charge is 0.101 e. The predicted molar refractivity (Wildman–Crippen MR) is 45.3 cm³/mol. The van der Waals surface area contributed by atoms with Crippen LogP contribution in [0.5, 0.6) is 0 Å². The fourth-order valence-electron chi connectivity index (χ4n) is 1.71. The van der Waals surface area contributed by atoms with Gasteiger partial charge in [0.2, 0.25) is 0 Å². The second-order valence-electron chi connectivity index (χ2n) is 3.35. The Morgan fingerprint density at radius 1 is 1.17 bits per heavy atom. The first-order valence-corrected chi connectivity index (χ1v) is 4.33. The minimum Gasteiger partial charge on any atom is -0.304 e. The van der Waals surface area contributed by atoms with E-state index in [4.69, 9.17) is 0 Å². The molecule has 2 heterocycles. The lowest BCUT2D eigenvalue weighted by Crippen LogP contribution is -2.61. The summed E-state index contributed by atoms with van der Waals surface area (Å²) in [5, 5.41) is 6.68. The summed E-state index contributed by atoms with van der Waals surface area (Å²) in [5.74, 6) is 0.616. The maximum absolute atomic E-state index is 3.39. The van der Waals surface area contributed by atoms with Crippen LogP contribution in [0.25, 0.3) is 0 Å². The molecule has 0 aromatic heterocycles. The van der Waals surface area contributed by atoms with E-state index in [2.05, 4.69) is 39.5 Å². The van der Waals surface area contributed by atoms with Gasteiger partial charge in [-0.25, -0.2) is 10.9 Å². The third kappa shape index (κ3) is 1.58. The molecule has 0 saturated carbocycles. The fourth-order valence-corrected chi connectivity index (χ4v) is 1.71. The normalized spacial score (nSPS) is 38.8. The molecule has 6 heteroatoms. The highest BCUT2D eigenvalue weighted by molar-refractivity contribution is 4.87. The predicted octanol–water partition coefficient (Wildman–Crippen LogP) is -2.42. The van der Waals surface area contributed by atoms with E-state index < -0.39 is 0 Å². The first-order chi connectivity index (χ1) is 5.88. The maximum atomic E-state index is 3.39. The van der Waals surface area contributed by atoms with Gasteiger partial charge in [0.25, 0.3) is 0 Å². The molecule has 6 nitrogen and oxygen atoms in total. The van der Waals surface area contributed by atoms with Crippen LogP contribution in [0.4, 0.5) is 0 Å². The highest BCUT2D eigenvalue weighted by Gasteiger charge is 2.30. The van der Waals surface area contributed by atoms with Crippen molar-refractivity contribution in [2.45, 2.75) is 19.1 Å². The van der Waals surface area contributed by atoms with Crippen molar-refractivity contribution in [1.29, 1.82) is 0 Å². The number of hydrazine groups is 3. The van der Waals surface area contributed by atoms with Crippen molar-refractivity contribution >= 4 is 0 Å². The summed E-state index contributed by atoms with van der Waals surface area (Å²) in [4.78, 5) is 0. The van der Waals surface area contributed by atoms with Gasteiger partial charge in [0.1, 0.15) is 6.17 Å². The van der Waals surface area contributed by atoms with Gasteiger partial charge in [0.05, 0.1) is 0 Å². The van der Waals surface area contributed by atoms with Crippen LogP contribution in [-0.2, 0) is 0 Å². The number of nitrogens with one attached hydrogen (secondary N) is 6. The Hall–Kier alpha value is -0.240. The molecule has 2 atom stereocenters. The van der Waals surface area contributed by atoms with Crippen LogP contribution >= 0.6 is 0 Å². The Kier molecular flexibility index (Phi) is 2.54. The molecule has 2 fully saturated rings. The quantitative estimate of drug-likeness (QED) is 0.265. The zero-order valence-corrected chi connectivity index (χ0v) is 7.15. The second-order valence-corrected chi connectivity index (χ2v) is 3.35. The van der Waals surface area contributed by atoms with Crippen LogP contribution in [0.15, 0.2) is 0 Å². The molecule has 0 spiro atoms. The Morgan fingerprint density at radius 2 is 1.92 bits per heavy atom. The van der Waals surface area contributed by atoms with Crippen LogP contribution in [0.3, 0.4) is 0 Å². The summed E-state index contributed by atoms with van der Waals surface area (Å²) in [6.45, 7) is 4.18. The first kappa shape index (κ1) is 8.36. The standard InChI is InChI=1S/C6H16N6/c1-4-2-7-3-8-5(4)6-9-11-12-10-6/h4-12H,2-3H2,1H3. The minimum absolute atomic E-state index is 0.252. The van der Waals surface area contributed by atoms with Gasteiger partial charge < -0.3 is 5.32 Å². The number of hydrogen-bond acceptors (Lipinski definition) is 6. The molecule has 2 saturated heterocycles. The average Bonchev–Trinajstić information content (AvgIpc) is 2.57. The van der Waals surface area contributed by atoms with Gasteiger partial charge in [-0.3, -0.25) is 5.32 Å². The van der Waals surface area contributed by atoms with Gasteiger partial charge in [-0.15, -0.1) is 0 Å². The van der Waals surface area contributed by atoms with E-state index in [1.165, 1.54) is 0 Å². The monoisotopic (exact) mass is 172 g/mol. The first-order valence-electron chi connectivity index (χ1n) is 4.33. The van der Waals surface area contributed by atoms with E-state index in [0.29, 0.717) is 12.0 Å². The molecule has 0 radical (unpaired) electrons. The van der Waals surface area contributed by atoms with Gasteiger partial charge in [-0.05, 0) is 5.92 Å². The summed E-state index contributed by atoms with van der Waals surface area (Å²) in [5.41, 5.74) is 11.8. The molecule has 70 valence electrons. The van der Waals surface area contributed by atoms with Crippen molar-refractivity contribution in [3.63, 3.8) is 0 Å². The zero-order chi connectivity index (χ0) is 8.39. The molecule has 2 rings (SSSR count). The summed E-state index contributed by atoms with van der Waals surface area (Å²) in [6, 6.07) is 0.453. The van der Waals surface area contributed by atoms with E-state index in [1.807, 2.05) is 0 Å². The fraction of sp³-hybridized carbons (Fsp3) is 1.00. The lowest BCUT2D eigenvalue weighted by Gasteiger charge is -2.34. The van der Waals surface area contributed by atoms with Crippen LogP contribution in [0.1, 0.15) is 6.92 Å². The third-order valence-corrected chi connectivity index (χ3v) is 2.42. The molecule has 2 unspecified atom stereocenters. The van der Waals surface area contributed by atoms with Crippen LogP contribution < -0.4 is 32.6 Å². The van der Waals surface area contributed by atoms with Gasteiger partial charge >= 0.3 is 0 Å². The van der Waals surface area contributed by atoms with Gasteiger partial charge in [-0.2, -0.15) is 11.1 Å². The summed E-state index contributed by atoms with van der Waals surface area (Å²) >= 11 is 0. The van der Waals surface area contributed by atoms with Crippen molar-refractivity contribution in [3.05, 3.63) is 0 Å². The molecule has 6 N–H and O–H groups in total. The molecule has 0 bridgehead atoms. The molecule has 0 amide bonds. The Bertz CT molecular complexity index is 145. The van der Waals surface area contributed by atoms with Crippen LogP contribution in [0, 0.1) is 5.92 Å². The van der Waals surface area contributed by atoms with E-state index in [-0.39, 0.29) is 6.17 Å². The third-order valence-electron chi connectivity index (χ3n) is 2.42. The average molecular weight is 172 g/mol. The minimum atomic E-state index is 0.252. The van der Waals surface area contributed by atoms with E-state index in [0.717, 1.165) is 13.2 Å². The van der Waals surface area contributed by atoms with Crippen molar-refractivity contribution in [2.75, 3.05) is 13.2 Å². The van der Waals surface area contributed by atoms with Crippen molar-refractivity contribution in [1.82, 2.24) is 32.6 Å². The molecule has 2 aliphatic rings. The lowest BCUT2D eigenvalue weighted by molar-refractivity contribution is 0.232. The molecular formula is C6H16N6. The largest absolute Gasteiger partial charge is 0.304 e. The Labute approximate surface area is 71.8 Å². The van der Waals surface area contributed by atoms with Crippen LogP contribution in [-0.4, -0.2) is 25.4 Å². The highest BCUT2D eigenvalue weighted by atomic mass is 15.8. The van der Waals surface area contributed by atoms with Gasteiger partial charge in [0, 0.05) is 19.3 Å². The summed E-state index contributed by atoms with van der Waals surface area (Å²) < 4.78 is 0. The number of hydrogen-bond donors (Lipinski definition) is 6. The Balaban J connectivity index is 1.91. The van der Waals surface area contributed by atoms with Gasteiger partial charge in [-0.1, -0.05) is 6.92 Å². The molecule has 0 aromatic rings. The van der Waals surface area contributed by atoms with Crippen molar-refractivity contribution in [3.8, 4) is 0 Å². The van der Waals surface area contributed by atoms with Gasteiger partial charge in [0.15, 0.2) is 0 Å². The van der Waals surface area contributed by atoms with E-state index >= 15 is 0 Å². The van der Waals surface area contributed by atoms with Crippen molar-refractivity contribution in [2.24, 2.45) is 5.92 Å². The summed E-state index contributed by atoms with van der Waals surface area (Å²) in [6.07, 6.45) is 0.252. The maximum Gasteiger partial charge on any atom is 0.101 e. The summed E-state index contributed by atoms with van der Waals surface area (Å²) in [7, 11) is 0. The highest BCUT2D eigenvalue weighted by Crippen LogP contribution is 2.07. The van der Waals surface area contributed by atoms with Crippen molar-refractivity contribution < 1.29 is 0 Å². The second kappa shape index (κ2) is 3.65. The molecule has 2 aliphatic heterocycles. The molecule has 0 aromatic carbocycles.